The van der Waals surface area contributed by atoms with Crippen molar-refractivity contribution in [2.75, 3.05) is 25.1 Å². The maximum Gasteiger partial charge on any atom is 0.255 e. The summed E-state index contributed by atoms with van der Waals surface area (Å²) in [5.41, 5.74) is 1.37. The van der Waals surface area contributed by atoms with Crippen LogP contribution in [0.4, 0.5) is 5.69 Å². The molecule has 2 aromatic rings. The van der Waals surface area contributed by atoms with Crippen LogP contribution in [0.15, 0.2) is 48.5 Å². The van der Waals surface area contributed by atoms with Gasteiger partial charge in [0.05, 0.1) is 17.9 Å². The summed E-state index contributed by atoms with van der Waals surface area (Å²) in [5.74, 6) is 0.155. The van der Waals surface area contributed by atoms with Crippen LogP contribution in [-0.2, 0) is 4.74 Å². The zero-order valence-electron chi connectivity index (χ0n) is 16.0. The summed E-state index contributed by atoms with van der Waals surface area (Å²) in [7, 11) is 0. The average molecular weight is 370 g/mol. The molecular formula is C21H26N2O4. The van der Waals surface area contributed by atoms with Crippen LogP contribution in [0.5, 0.6) is 5.75 Å². The van der Waals surface area contributed by atoms with Crippen molar-refractivity contribution in [1.29, 1.82) is 0 Å². The number of hydrogen-bond acceptors (Lipinski definition) is 4. The molecule has 2 amide bonds. The third-order valence-corrected chi connectivity index (χ3v) is 3.66. The fourth-order valence-corrected chi connectivity index (χ4v) is 2.39. The van der Waals surface area contributed by atoms with Crippen LogP contribution in [0.2, 0.25) is 0 Å². The van der Waals surface area contributed by atoms with Crippen molar-refractivity contribution in [3.05, 3.63) is 59.7 Å². The molecular weight excluding hydrogens is 344 g/mol. The van der Waals surface area contributed by atoms with E-state index >= 15 is 0 Å². The molecule has 2 aromatic carbocycles. The van der Waals surface area contributed by atoms with Crippen LogP contribution in [0.1, 0.15) is 41.5 Å². The first kappa shape index (κ1) is 20.5. The number of nitrogens with one attached hydrogen (secondary N) is 2. The summed E-state index contributed by atoms with van der Waals surface area (Å²) >= 11 is 0. The standard InChI is InChI=1S/C21H26N2O4/c1-4-26-13-14-27-17-11-9-16(10-12-17)20(24)23-19-8-6-5-7-18(19)21(25)22-15(2)3/h5-12,15H,4,13-14H2,1-3H3,(H,22,25)(H,23,24). The first-order chi connectivity index (χ1) is 13.0. The molecule has 144 valence electrons. The molecule has 0 saturated heterocycles. The van der Waals surface area contributed by atoms with E-state index in [9.17, 15) is 9.59 Å². The van der Waals surface area contributed by atoms with Crippen molar-refractivity contribution in [2.45, 2.75) is 26.8 Å². The number of carbonyl (C=O) groups excluding carboxylic acids is 2. The van der Waals surface area contributed by atoms with Crippen molar-refractivity contribution in [3.8, 4) is 5.75 Å². The zero-order valence-corrected chi connectivity index (χ0v) is 16.0. The molecule has 27 heavy (non-hydrogen) atoms. The van der Waals surface area contributed by atoms with Gasteiger partial charge < -0.3 is 20.1 Å². The normalized spacial score (nSPS) is 10.5. The Morgan fingerprint density at radius 2 is 1.67 bits per heavy atom. The molecule has 0 saturated carbocycles. The van der Waals surface area contributed by atoms with Crippen LogP contribution in [0.25, 0.3) is 0 Å². The van der Waals surface area contributed by atoms with Gasteiger partial charge >= 0.3 is 0 Å². The largest absolute Gasteiger partial charge is 0.491 e. The smallest absolute Gasteiger partial charge is 0.255 e. The van der Waals surface area contributed by atoms with Gasteiger partial charge in [-0.25, -0.2) is 0 Å². The van der Waals surface area contributed by atoms with Crippen molar-refractivity contribution in [3.63, 3.8) is 0 Å². The van der Waals surface area contributed by atoms with Gasteiger partial charge in [0.15, 0.2) is 0 Å². The van der Waals surface area contributed by atoms with E-state index in [1.807, 2.05) is 20.8 Å². The van der Waals surface area contributed by atoms with Crippen LogP contribution >= 0.6 is 0 Å². The van der Waals surface area contributed by atoms with Gasteiger partial charge in [0, 0.05) is 18.2 Å². The summed E-state index contributed by atoms with van der Waals surface area (Å²) in [6.07, 6.45) is 0. The number of ether oxygens (including phenoxy) is 2. The third kappa shape index (κ3) is 6.42. The van der Waals surface area contributed by atoms with Crippen molar-refractivity contribution in [2.24, 2.45) is 0 Å². The Morgan fingerprint density at radius 1 is 0.963 bits per heavy atom. The molecule has 0 aromatic heterocycles. The molecule has 0 spiro atoms. The van der Waals surface area contributed by atoms with Crippen LogP contribution in [-0.4, -0.2) is 37.7 Å². The third-order valence-electron chi connectivity index (χ3n) is 3.66. The zero-order chi connectivity index (χ0) is 19.6. The second-order valence-electron chi connectivity index (χ2n) is 6.20. The Balaban J connectivity index is 2.02. The van der Waals surface area contributed by atoms with Crippen molar-refractivity contribution >= 4 is 17.5 Å². The molecule has 0 bridgehead atoms. The minimum absolute atomic E-state index is 0.0107. The highest BCUT2D eigenvalue weighted by Crippen LogP contribution is 2.18. The van der Waals surface area contributed by atoms with Gasteiger partial charge in [0.25, 0.3) is 11.8 Å². The van der Waals surface area contributed by atoms with E-state index in [-0.39, 0.29) is 17.9 Å². The molecule has 6 nitrogen and oxygen atoms in total. The first-order valence-corrected chi connectivity index (χ1v) is 9.03. The van der Waals surface area contributed by atoms with E-state index < -0.39 is 0 Å². The number of anilines is 1. The summed E-state index contributed by atoms with van der Waals surface area (Å²) < 4.78 is 10.8. The topological polar surface area (TPSA) is 76.7 Å². The van der Waals surface area contributed by atoms with Crippen LogP contribution in [0.3, 0.4) is 0 Å². The highest BCUT2D eigenvalue weighted by atomic mass is 16.5. The molecule has 0 atom stereocenters. The van der Waals surface area contributed by atoms with Gasteiger partial charge in [0.1, 0.15) is 12.4 Å². The predicted molar refractivity (Wildman–Crippen MR) is 105 cm³/mol. The first-order valence-electron chi connectivity index (χ1n) is 9.03. The Morgan fingerprint density at radius 3 is 2.33 bits per heavy atom. The lowest BCUT2D eigenvalue weighted by atomic mass is 10.1. The van der Waals surface area contributed by atoms with Crippen LogP contribution in [0, 0.1) is 0 Å². The number of para-hydroxylation sites is 1. The highest BCUT2D eigenvalue weighted by Gasteiger charge is 2.14. The molecule has 0 aliphatic rings. The van der Waals surface area contributed by atoms with Gasteiger partial charge in [-0.05, 0) is 57.2 Å². The minimum Gasteiger partial charge on any atom is -0.491 e. The number of rotatable bonds is 9. The van der Waals surface area contributed by atoms with Crippen molar-refractivity contribution < 1.29 is 19.1 Å². The number of hydrogen-bond donors (Lipinski definition) is 2. The van der Waals surface area contributed by atoms with Gasteiger partial charge in [-0.3, -0.25) is 9.59 Å². The summed E-state index contributed by atoms with van der Waals surface area (Å²) in [5, 5.41) is 5.63. The molecule has 0 radical (unpaired) electrons. The van der Waals surface area contributed by atoms with E-state index in [0.29, 0.717) is 42.4 Å². The van der Waals surface area contributed by atoms with Crippen LogP contribution < -0.4 is 15.4 Å². The maximum absolute atomic E-state index is 12.5. The lowest BCUT2D eigenvalue weighted by Gasteiger charge is -2.13. The van der Waals surface area contributed by atoms with Gasteiger partial charge in [-0.15, -0.1) is 0 Å². The lowest BCUT2D eigenvalue weighted by molar-refractivity contribution is 0.0944. The fraction of sp³-hybridized carbons (Fsp3) is 0.333. The molecule has 0 unspecified atom stereocenters. The van der Waals surface area contributed by atoms with Gasteiger partial charge in [-0.1, -0.05) is 12.1 Å². The van der Waals surface area contributed by atoms with E-state index in [0.717, 1.165) is 0 Å². The van der Waals surface area contributed by atoms with Gasteiger partial charge in [0.2, 0.25) is 0 Å². The highest BCUT2D eigenvalue weighted by molar-refractivity contribution is 6.09. The van der Waals surface area contributed by atoms with E-state index in [4.69, 9.17) is 9.47 Å². The fourth-order valence-electron chi connectivity index (χ4n) is 2.39. The molecule has 2 N–H and O–H groups in total. The molecule has 0 fully saturated rings. The van der Waals surface area contributed by atoms with Gasteiger partial charge in [-0.2, -0.15) is 0 Å². The minimum atomic E-state index is -0.291. The summed E-state index contributed by atoms with van der Waals surface area (Å²) in [6, 6.07) is 13.8. The molecule has 0 heterocycles. The molecule has 0 aliphatic heterocycles. The second-order valence-corrected chi connectivity index (χ2v) is 6.20. The number of amides is 2. The Labute approximate surface area is 159 Å². The van der Waals surface area contributed by atoms with E-state index in [1.165, 1.54) is 0 Å². The lowest BCUT2D eigenvalue weighted by Crippen LogP contribution is -2.31. The monoisotopic (exact) mass is 370 g/mol. The van der Waals surface area contributed by atoms with E-state index in [2.05, 4.69) is 10.6 Å². The maximum atomic E-state index is 12.5. The second kappa shape index (κ2) is 10.3. The Hall–Kier alpha value is -2.86. The number of benzene rings is 2. The molecule has 2 rings (SSSR count). The summed E-state index contributed by atoms with van der Waals surface area (Å²) in [6.45, 7) is 7.33. The Bertz CT molecular complexity index is 757. The quantitative estimate of drug-likeness (QED) is 0.663. The van der Waals surface area contributed by atoms with Crippen molar-refractivity contribution in [1.82, 2.24) is 5.32 Å². The predicted octanol–water partition coefficient (Wildman–Crippen LogP) is 3.49. The summed E-state index contributed by atoms with van der Waals surface area (Å²) in [4.78, 5) is 24.8. The average Bonchev–Trinajstić information content (AvgIpc) is 2.65. The Kier molecular flexibility index (Phi) is 7.82. The number of carbonyl (C=O) groups is 2. The van der Waals surface area contributed by atoms with E-state index in [1.54, 1.807) is 48.5 Å². The SMILES string of the molecule is CCOCCOc1ccc(C(=O)Nc2ccccc2C(=O)NC(C)C)cc1. The molecule has 6 heteroatoms. The molecule has 0 aliphatic carbocycles.